The van der Waals surface area contributed by atoms with Gasteiger partial charge in [-0.05, 0) is 26.3 Å². The van der Waals surface area contributed by atoms with Crippen LogP contribution in [0.5, 0.6) is 0 Å². The maximum atomic E-state index is 6.01. The number of hydrogen-bond donors (Lipinski definition) is 1. The van der Waals surface area contributed by atoms with Crippen molar-refractivity contribution in [3.63, 3.8) is 0 Å². The molecule has 2 aliphatic heterocycles. The molecule has 2 saturated heterocycles. The van der Waals surface area contributed by atoms with Gasteiger partial charge in [-0.3, -0.25) is 9.80 Å². The molecular weight excluding hydrogens is 250 g/mol. The predicted molar refractivity (Wildman–Crippen MR) is 82.1 cm³/mol. The van der Waals surface area contributed by atoms with E-state index in [0.717, 1.165) is 39.3 Å². The van der Waals surface area contributed by atoms with Gasteiger partial charge < -0.3 is 10.1 Å². The molecule has 0 aromatic rings. The van der Waals surface area contributed by atoms with Gasteiger partial charge in [0, 0.05) is 44.3 Å². The van der Waals surface area contributed by atoms with Crippen molar-refractivity contribution in [1.29, 1.82) is 0 Å². The lowest BCUT2D eigenvalue weighted by Crippen LogP contribution is -2.64. The summed E-state index contributed by atoms with van der Waals surface area (Å²) in [5.41, 5.74) is 0.422. The van der Waals surface area contributed by atoms with Crippen LogP contribution in [0.15, 0.2) is 0 Å². The molecule has 1 spiro atoms. The van der Waals surface area contributed by atoms with Gasteiger partial charge in [0.2, 0.25) is 0 Å². The van der Waals surface area contributed by atoms with E-state index in [0.29, 0.717) is 17.7 Å². The Kier molecular flexibility index (Phi) is 4.65. The first-order valence-electron chi connectivity index (χ1n) is 8.54. The number of nitrogens with one attached hydrogen (secondary N) is 1. The molecule has 4 heteroatoms. The molecule has 20 heavy (non-hydrogen) atoms. The largest absolute Gasteiger partial charge is 0.374 e. The lowest BCUT2D eigenvalue weighted by atomic mass is 9.92. The lowest BCUT2D eigenvalue weighted by Gasteiger charge is -2.47. The average molecular weight is 281 g/mol. The van der Waals surface area contributed by atoms with Crippen LogP contribution in [-0.4, -0.2) is 73.4 Å². The van der Waals surface area contributed by atoms with Gasteiger partial charge in [-0.15, -0.1) is 0 Å². The Labute approximate surface area is 123 Å². The van der Waals surface area contributed by atoms with Crippen LogP contribution in [0.1, 0.15) is 39.5 Å². The quantitative estimate of drug-likeness (QED) is 0.844. The molecule has 2 heterocycles. The van der Waals surface area contributed by atoms with Crippen molar-refractivity contribution in [3.05, 3.63) is 0 Å². The molecule has 1 N–H and O–H groups in total. The van der Waals surface area contributed by atoms with Crippen LogP contribution >= 0.6 is 0 Å². The summed E-state index contributed by atoms with van der Waals surface area (Å²) in [5.74, 6) is 0. The summed E-state index contributed by atoms with van der Waals surface area (Å²) in [4.78, 5) is 5.21. The van der Waals surface area contributed by atoms with Gasteiger partial charge in [0.25, 0.3) is 0 Å². The number of rotatable bonds is 3. The molecule has 116 valence electrons. The molecule has 2 unspecified atom stereocenters. The fourth-order valence-corrected chi connectivity index (χ4v) is 4.16. The Morgan fingerprint density at radius 1 is 1.30 bits per heavy atom. The summed E-state index contributed by atoms with van der Waals surface area (Å²) in [6, 6.07) is 0.641. The van der Waals surface area contributed by atoms with Gasteiger partial charge in [0.05, 0.1) is 12.7 Å². The molecule has 0 amide bonds. The summed E-state index contributed by atoms with van der Waals surface area (Å²) in [5, 5.41) is 3.84. The second-order valence-corrected chi connectivity index (χ2v) is 7.03. The summed E-state index contributed by atoms with van der Waals surface area (Å²) in [6.07, 6.45) is 5.94. The van der Waals surface area contributed by atoms with E-state index >= 15 is 0 Å². The van der Waals surface area contributed by atoms with Crippen molar-refractivity contribution < 1.29 is 4.74 Å². The third kappa shape index (κ3) is 3.19. The van der Waals surface area contributed by atoms with Crippen molar-refractivity contribution in [3.8, 4) is 0 Å². The fraction of sp³-hybridized carbons (Fsp3) is 1.00. The molecule has 0 radical (unpaired) electrons. The maximum absolute atomic E-state index is 6.01. The molecule has 4 nitrogen and oxygen atoms in total. The van der Waals surface area contributed by atoms with Crippen molar-refractivity contribution in [2.45, 2.75) is 57.2 Å². The van der Waals surface area contributed by atoms with E-state index in [-0.39, 0.29) is 0 Å². The highest BCUT2D eigenvalue weighted by Crippen LogP contribution is 2.33. The zero-order valence-corrected chi connectivity index (χ0v) is 13.2. The molecule has 1 aliphatic carbocycles. The molecule has 3 rings (SSSR count). The number of ether oxygens (including phenoxy) is 1. The highest BCUT2D eigenvalue weighted by molar-refractivity contribution is 5.00. The Bertz CT molecular complexity index is 317. The van der Waals surface area contributed by atoms with Gasteiger partial charge in [0.15, 0.2) is 0 Å². The Balaban J connectivity index is 1.57. The molecule has 2 atom stereocenters. The zero-order valence-electron chi connectivity index (χ0n) is 13.2. The first-order valence-corrected chi connectivity index (χ1v) is 8.54. The first kappa shape index (κ1) is 14.8. The number of piperazine rings is 1. The van der Waals surface area contributed by atoms with E-state index in [2.05, 4.69) is 29.0 Å². The smallest absolute Gasteiger partial charge is 0.0829 e. The van der Waals surface area contributed by atoms with Crippen molar-refractivity contribution in [2.75, 3.05) is 45.9 Å². The van der Waals surface area contributed by atoms with E-state index in [1.54, 1.807) is 0 Å². The van der Waals surface area contributed by atoms with E-state index < -0.39 is 0 Å². The topological polar surface area (TPSA) is 27.7 Å². The van der Waals surface area contributed by atoms with Crippen molar-refractivity contribution >= 4 is 0 Å². The summed E-state index contributed by atoms with van der Waals surface area (Å²) >= 11 is 0. The van der Waals surface area contributed by atoms with E-state index in [1.165, 1.54) is 32.2 Å². The van der Waals surface area contributed by atoms with Crippen LogP contribution in [0, 0.1) is 0 Å². The van der Waals surface area contributed by atoms with E-state index in [9.17, 15) is 0 Å². The third-order valence-corrected chi connectivity index (χ3v) is 5.57. The lowest BCUT2D eigenvalue weighted by molar-refractivity contribution is -0.0552. The third-order valence-electron chi connectivity index (χ3n) is 5.57. The van der Waals surface area contributed by atoms with Gasteiger partial charge in [-0.25, -0.2) is 0 Å². The Morgan fingerprint density at radius 2 is 2.10 bits per heavy atom. The maximum Gasteiger partial charge on any atom is 0.0829 e. The van der Waals surface area contributed by atoms with Crippen LogP contribution < -0.4 is 5.32 Å². The summed E-state index contributed by atoms with van der Waals surface area (Å²) in [7, 11) is 0. The van der Waals surface area contributed by atoms with Gasteiger partial charge in [-0.1, -0.05) is 19.8 Å². The van der Waals surface area contributed by atoms with E-state index in [4.69, 9.17) is 4.74 Å². The molecule has 3 aliphatic rings. The van der Waals surface area contributed by atoms with Crippen LogP contribution in [-0.2, 0) is 4.74 Å². The number of likely N-dealkylation sites (N-methyl/N-ethyl adjacent to an activating group) is 1. The predicted octanol–water partition coefficient (Wildman–Crippen LogP) is 1.31. The number of hydrogen-bond acceptors (Lipinski definition) is 4. The minimum atomic E-state index is 0.405. The second-order valence-electron chi connectivity index (χ2n) is 7.03. The van der Waals surface area contributed by atoms with Gasteiger partial charge in [0.1, 0.15) is 0 Å². The molecule has 0 aromatic carbocycles. The van der Waals surface area contributed by atoms with Crippen molar-refractivity contribution in [2.24, 2.45) is 0 Å². The molecule has 1 saturated carbocycles. The first-order chi connectivity index (χ1) is 9.71. The second kappa shape index (κ2) is 6.30. The molecule has 0 bridgehead atoms. The summed E-state index contributed by atoms with van der Waals surface area (Å²) in [6.45, 7) is 12.4. The van der Waals surface area contributed by atoms with Crippen molar-refractivity contribution in [1.82, 2.24) is 15.1 Å². The van der Waals surface area contributed by atoms with Gasteiger partial charge in [-0.2, -0.15) is 0 Å². The SMILES string of the molecule is CCN1CCOC(CN2CC3(CCCC3)NCC2C)C1. The number of nitrogens with zero attached hydrogens (tertiary/aromatic N) is 2. The van der Waals surface area contributed by atoms with Crippen LogP contribution in [0.25, 0.3) is 0 Å². The summed E-state index contributed by atoms with van der Waals surface area (Å²) < 4.78 is 6.01. The highest BCUT2D eigenvalue weighted by atomic mass is 16.5. The minimum absolute atomic E-state index is 0.405. The number of morpholine rings is 1. The van der Waals surface area contributed by atoms with Crippen LogP contribution in [0.3, 0.4) is 0 Å². The highest BCUT2D eigenvalue weighted by Gasteiger charge is 2.40. The standard InChI is InChI=1S/C16H31N3O/c1-3-18-8-9-20-15(11-18)12-19-13-16(6-4-5-7-16)17-10-14(19)2/h14-15,17H,3-13H2,1-2H3. The van der Waals surface area contributed by atoms with Gasteiger partial charge >= 0.3 is 0 Å². The minimum Gasteiger partial charge on any atom is -0.374 e. The zero-order chi connectivity index (χ0) is 14.0. The normalized spacial score (nSPS) is 35.7. The van der Waals surface area contributed by atoms with Crippen LogP contribution in [0.4, 0.5) is 0 Å². The van der Waals surface area contributed by atoms with E-state index in [1.807, 2.05) is 0 Å². The molecule has 0 aromatic heterocycles. The molecule has 3 fully saturated rings. The Morgan fingerprint density at radius 3 is 2.85 bits per heavy atom. The Hall–Kier alpha value is -0.160. The monoisotopic (exact) mass is 281 g/mol. The van der Waals surface area contributed by atoms with Crippen LogP contribution in [0.2, 0.25) is 0 Å². The average Bonchev–Trinajstić information content (AvgIpc) is 2.92. The fourth-order valence-electron chi connectivity index (χ4n) is 4.16. The molecular formula is C16H31N3O.